The fourth-order valence-corrected chi connectivity index (χ4v) is 3.50. The molecule has 0 saturated carbocycles. The molecule has 0 spiro atoms. The van der Waals surface area contributed by atoms with Gasteiger partial charge in [0.25, 0.3) is 0 Å². The van der Waals surface area contributed by atoms with E-state index in [1.165, 1.54) is 0 Å². The molecule has 1 aromatic rings. The van der Waals surface area contributed by atoms with Crippen molar-refractivity contribution in [1.29, 1.82) is 0 Å². The van der Waals surface area contributed by atoms with Crippen LogP contribution in [0.4, 0.5) is 0 Å². The number of nitrogens with one attached hydrogen (secondary N) is 1. The second-order valence-electron chi connectivity index (χ2n) is 6.19. The normalized spacial score (nSPS) is 25.6. The molecule has 1 aromatic carbocycles. The molecule has 0 aromatic heterocycles. The first-order chi connectivity index (χ1) is 9.89. The van der Waals surface area contributed by atoms with E-state index in [-0.39, 0.29) is 23.4 Å². The third-order valence-electron chi connectivity index (χ3n) is 4.39. The second-order valence-corrected chi connectivity index (χ2v) is 6.59. The first-order valence-electron chi connectivity index (χ1n) is 7.35. The fourth-order valence-electron chi connectivity index (χ4n) is 3.25. The molecule has 3 unspecified atom stereocenters. The van der Waals surface area contributed by atoms with E-state index < -0.39 is 0 Å². The number of rotatable bonds is 4. The highest BCUT2D eigenvalue weighted by Gasteiger charge is 2.43. The molecule has 0 radical (unpaired) electrons. The molecular weight excluding hydrogens is 286 g/mol. The number of hydrogen-bond donors (Lipinski definition) is 2. The summed E-state index contributed by atoms with van der Waals surface area (Å²) in [5, 5.41) is 3.49. The van der Waals surface area contributed by atoms with Gasteiger partial charge in [0.15, 0.2) is 0 Å². The van der Waals surface area contributed by atoms with Gasteiger partial charge in [0.2, 0.25) is 5.91 Å². The number of likely N-dealkylation sites (tertiary alicyclic amines) is 1. The predicted molar refractivity (Wildman–Crippen MR) is 86.2 cm³/mol. The summed E-state index contributed by atoms with van der Waals surface area (Å²) in [5.41, 5.74) is 6.89. The van der Waals surface area contributed by atoms with Crippen molar-refractivity contribution in [2.24, 2.45) is 11.1 Å². The largest absolute Gasteiger partial charge is 0.359 e. The van der Waals surface area contributed by atoms with Gasteiger partial charge >= 0.3 is 0 Å². The van der Waals surface area contributed by atoms with Crippen LogP contribution in [0, 0.1) is 5.41 Å². The number of benzene rings is 1. The predicted octanol–water partition coefficient (Wildman–Crippen LogP) is 2.19. The number of carbonyl (C=O) groups is 1. The summed E-state index contributed by atoms with van der Waals surface area (Å²) in [5.74, 6) is 0.0904. The Labute approximate surface area is 131 Å². The summed E-state index contributed by atoms with van der Waals surface area (Å²) in [4.78, 5) is 14.4. The highest BCUT2D eigenvalue weighted by Crippen LogP contribution is 2.38. The molecule has 0 bridgehead atoms. The molecule has 3 N–H and O–H groups in total. The molecule has 1 amide bonds. The second kappa shape index (κ2) is 6.34. The van der Waals surface area contributed by atoms with Crippen LogP contribution in [0.25, 0.3) is 0 Å². The standard InChI is InChI=1S/C16H24ClN3O/c1-11(18)14(12-6-4-5-7-13(12)17)20-9-8-16(2,10-20)15(21)19-3/h4-7,11,14H,8-10,18H2,1-3H3,(H,19,21). The van der Waals surface area contributed by atoms with E-state index in [0.29, 0.717) is 6.54 Å². The van der Waals surface area contributed by atoms with Crippen molar-refractivity contribution in [2.75, 3.05) is 20.1 Å². The van der Waals surface area contributed by atoms with E-state index in [9.17, 15) is 4.79 Å². The van der Waals surface area contributed by atoms with Crippen molar-refractivity contribution >= 4 is 17.5 Å². The first-order valence-corrected chi connectivity index (χ1v) is 7.73. The number of hydrogen-bond acceptors (Lipinski definition) is 3. The lowest BCUT2D eigenvalue weighted by Crippen LogP contribution is -2.43. The van der Waals surface area contributed by atoms with Gasteiger partial charge in [-0.05, 0) is 38.4 Å². The Hall–Kier alpha value is -1.10. The molecule has 21 heavy (non-hydrogen) atoms. The molecular formula is C16H24ClN3O. The Morgan fingerprint density at radius 1 is 1.48 bits per heavy atom. The molecule has 3 atom stereocenters. The number of nitrogens with two attached hydrogens (primary N) is 1. The summed E-state index contributed by atoms with van der Waals surface area (Å²) < 4.78 is 0. The lowest BCUT2D eigenvalue weighted by Gasteiger charge is -2.33. The SMILES string of the molecule is CNC(=O)C1(C)CCN(C(c2ccccc2Cl)C(C)N)C1. The van der Waals surface area contributed by atoms with Gasteiger partial charge in [-0.2, -0.15) is 0 Å². The van der Waals surface area contributed by atoms with Crippen molar-refractivity contribution in [2.45, 2.75) is 32.4 Å². The van der Waals surface area contributed by atoms with Crippen molar-refractivity contribution in [3.8, 4) is 0 Å². The average Bonchev–Trinajstić information content (AvgIpc) is 2.83. The van der Waals surface area contributed by atoms with Gasteiger partial charge in [-0.15, -0.1) is 0 Å². The van der Waals surface area contributed by atoms with Crippen molar-refractivity contribution in [3.05, 3.63) is 34.9 Å². The monoisotopic (exact) mass is 309 g/mol. The van der Waals surface area contributed by atoms with Gasteiger partial charge in [-0.25, -0.2) is 0 Å². The van der Waals surface area contributed by atoms with Crippen LogP contribution in [-0.4, -0.2) is 37.0 Å². The minimum atomic E-state index is -0.358. The first kappa shape index (κ1) is 16.3. The minimum absolute atomic E-state index is 0.0326. The molecule has 1 aliphatic rings. The summed E-state index contributed by atoms with van der Waals surface area (Å²) in [6.07, 6.45) is 0.834. The van der Waals surface area contributed by atoms with Crippen LogP contribution in [0.2, 0.25) is 5.02 Å². The van der Waals surface area contributed by atoms with Crippen LogP contribution < -0.4 is 11.1 Å². The third-order valence-corrected chi connectivity index (χ3v) is 4.74. The van der Waals surface area contributed by atoms with Crippen molar-refractivity contribution < 1.29 is 4.79 Å². The van der Waals surface area contributed by atoms with Crippen LogP contribution in [0.15, 0.2) is 24.3 Å². The fraction of sp³-hybridized carbons (Fsp3) is 0.562. The number of carbonyl (C=O) groups excluding carboxylic acids is 1. The molecule has 4 nitrogen and oxygen atoms in total. The van der Waals surface area contributed by atoms with Gasteiger partial charge in [0.1, 0.15) is 0 Å². The van der Waals surface area contributed by atoms with E-state index >= 15 is 0 Å². The average molecular weight is 310 g/mol. The summed E-state index contributed by atoms with van der Waals surface area (Å²) in [6.45, 7) is 5.55. The highest BCUT2D eigenvalue weighted by atomic mass is 35.5. The van der Waals surface area contributed by atoms with Crippen LogP contribution in [-0.2, 0) is 4.79 Å². The Bertz CT molecular complexity index is 520. The van der Waals surface area contributed by atoms with Gasteiger partial charge < -0.3 is 11.1 Å². The molecule has 1 heterocycles. The highest BCUT2D eigenvalue weighted by molar-refractivity contribution is 6.31. The molecule has 1 aliphatic heterocycles. The number of nitrogens with zero attached hydrogens (tertiary/aromatic N) is 1. The maximum Gasteiger partial charge on any atom is 0.227 e. The van der Waals surface area contributed by atoms with Gasteiger partial charge in [0.05, 0.1) is 11.5 Å². The molecule has 2 rings (SSSR count). The van der Waals surface area contributed by atoms with Crippen molar-refractivity contribution in [3.63, 3.8) is 0 Å². The van der Waals surface area contributed by atoms with Gasteiger partial charge in [0, 0.05) is 24.7 Å². The third kappa shape index (κ3) is 3.23. The zero-order valence-electron chi connectivity index (χ0n) is 12.9. The topological polar surface area (TPSA) is 58.4 Å². The van der Waals surface area contributed by atoms with Crippen LogP contribution in [0.5, 0.6) is 0 Å². The Kier molecular flexibility index (Phi) is 4.91. The molecule has 116 valence electrons. The zero-order chi connectivity index (χ0) is 15.6. The minimum Gasteiger partial charge on any atom is -0.359 e. The quantitative estimate of drug-likeness (QED) is 0.896. The van der Waals surface area contributed by atoms with E-state index in [0.717, 1.165) is 23.6 Å². The maximum atomic E-state index is 12.1. The van der Waals surface area contributed by atoms with E-state index in [4.69, 9.17) is 17.3 Å². The van der Waals surface area contributed by atoms with E-state index in [2.05, 4.69) is 10.2 Å². The lowest BCUT2D eigenvalue weighted by molar-refractivity contribution is -0.129. The summed E-state index contributed by atoms with van der Waals surface area (Å²) >= 11 is 6.34. The van der Waals surface area contributed by atoms with Crippen LogP contribution in [0.1, 0.15) is 31.9 Å². The zero-order valence-corrected chi connectivity index (χ0v) is 13.7. The molecule has 1 saturated heterocycles. The van der Waals surface area contributed by atoms with Gasteiger partial charge in [-0.3, -0.25) is 9.69 Å². The molecule has 0 aliphatic carbocycles. The smallest absolute Gasteiger partial charge is 0.227 e. The molecule has 5 heteroatoms. The maximum absolute atomic E-state index is 12.1. The Morgan fingerprint density at radius 3 is 2.71 bits per heavy atom. The van der Waals surface area contributed by atoms with Crippen molar-refractivity contribution in [1.82, 2.24) is 10.2 Å². The Morgan fingerprint density at radius 2 is 2.14 bits per heavy atom. The van der Waals surface area contributed by atoms with E-state index in [1.807, 2.05) is 38.1 Å². The van der Waals surface area contributed by atoms with Crippen LogP contribution >= 0.6 is 11.6 Å². The van der Waals surface area contributed by atoms with E-state index in [1.54, 1.807) is 7.05 Å². The lowest BCUT2D eigenvalue weighted by atomic mass is 9.88. The summed E-state index contributed by atoms with van der Waals surface area (Å²) in [7, 11) is 1.69. The Balaban J connectivity index is 2.26. The summed E-state index contributed by atoms with van der Waals surface area (Å²) in [6, 6.07) is 7.78. The number of halogens is 1. The van der Waals surface area contributed by atoms with Crippen LogP contribution in [0.3, 0.4) is 0 Å². The molecule has 1 fully saturated rings. The number of amides is 1. The van der Waals surface area contributed by atoms with Gasteiger partial charge in [-0.1, -0.05) is 29.8 Å².